The van der Waals surface area contributed by atoms with Gasteiger partial charge >= 0.3 is 5.97 Å². The Hall–Kier alpha value is -3.21. The van der Waals surface area contributed by atoms with Gasteiger partial charge in [0.1, 0.15) is 5.69 Å². The molecule has 178 valence electrons. The third kappa shape index (κ3) is 7.98. The molecule has 1 fully saturated rings. The summed E-state index contributed by atoms with van der Waals surface area (Å²) in [5.41, 5.74) is 2.97. The molecular weight excluding hydrogens is 450 g/mol. The quantitative estimate of drug-likeness (QED) is 0.170. The lowest BCUT2D eigenvalue weighted by molar-refractivity contribution is -0.137. The number of azo groups is 1. The predicted molar refractivity (Wildman–Crippen MR) is 135 cm³/mol. The summed E-state index contributed by atoms with van der Waals surface area (Å²) in [5.74, 6) is -0.343. The van der Waals surface area contributed by atoms with E-state index in [0.717, 1.165) is 57.7 Å². The van der Waals surface area contributed by atoms with Gasteiger partial charge in [-0.05, 0) is 61.9 Å². The van der Waals surface area contributed by atoms with Gasteiger partial charge in [-0.15, -0.1) is 5.11 Å². The number of carbonyl (C=O) groups is 1. The molecule has 1 aliphatic heterocycles. The molecule has 0 atom stereocenters. The number of anilines is 1. The van der Waals surface area contributed by atoms with E-state index in [4.69, 9.17) is 21.6 Å². The van der Waals surface area contributed by atoms with Gasteiger partial charge in [-0.25, -0.2) is 4.79 Å². The van der Waals surface area contributed by atoms with Gasteiger partial charge in [-0.2, -0.15) is 10.4 Å². The second kappa shape index (κ2) is 13.5. The first-order chi connectivity index (χ1) is 16.6. The van der Waals surface area contributed by atoms with Crippen molar-refractivity contribution in [2.75, 3.05) is 44.2 Å². The molecule has 0 bridgehead atoms. The Kier molecular flexibility index (Phi) is 10.1. The molecule has 0 unspecified atom stereocenters. The minimum absolute atomic E-state index is 0.343. The molecule has 0 aliphatic carbocycles. The van der Waals surface area contributed by atoms with Crippen molar-refractivity contribution < 1.29 is 9.53 Å². The number of unbranched alkanes of at least 4 members (excludes halogenated alkanes) is 3. The standard InChI is InChI=1S/C26H30ClN5O2/c1-2-26(33)34-18-6-4-3-5-13-31-14-16-32(17-15-31)23-10-8-22(9-11-23)29-30-25-12-7-21(20-28)19-24(25)27/h2,7-12,19H,1,3-6,13-18H2. The summed E-state index contributed by atoms with van der Waals surface area (Å²) in [6, 6.07) is 15.1. The molecule has 2 aromatic carbocycles. The zero-order valence-corrected chi connectivity index (χ0v) is 20.1. The van der Waals surface area contributed by atoms with E-state index in [9.17, 15) is 4.79 Å². The van der Waals surface area contributed by atoms with E-state index < -0.39 is 0 Å². The van der Waals surface area contributed by atoms with Crippen LogP contribution in [0.3, 0.4) is 0 Å². The lowest BCUT2D eigenvalue weighted by atomic mass is 10.1. The zero-order valence-electron chi connectivity index (χ0n) is 19.3. The van der Waals surface area contributed by atoms with Crippen LogP contribution in [0.5, 0.6) is 0 Å². The highest BCUT2D eigenvalue weighted by atomic mass is 35.5. The number of ether oxygens (including phenoxy) is 1. The average molecular weight is 480 g/mol. The molecule has 7 nitrogen and oxygen atoms in total. The minimum Gasteiger partial charge on any atom is -0.463 e. The SMILES string of the molecule is C=CC(=O)OCCCCCCN1CCN(c2ccc(N=Nc3ccc(C#N)cc3Cl)cc2)CC1. The molecule has 1 saturated heterocycles. The Labute approximate surface area is 206 Å². The number of halogens is 1. The molecule has 8 heteroatoms. The van der Waals surface area contributed by atoms with Crippen molar-refractivity contribution in [1.29, 1.82) is 5.26 Å². The molecule has 0 radical (unpaired) electrons. The van der Waals surface area contributed by atoms with Gasteiger partial charge in [-0.3, -0.25) is 4.90 Å². The van der Waals surface area contributed by atoms with Gasteiger partial charge in [0.15, 0.2) is 0 Å². The molecule has 0 aromatic heterocycles. The van der Waals surface area contributed by atoms with E-state index in [1.54, 1.807) is 18.2 Å². The summed E-state index contributed by atoms with van der Waals surface area (Å²) in [5, 5.41) is 17.8. The average Bonchev–Trinajstić information content (AvgIpc) is 2.88. The van der Waals surface area contributed by atoms with Gasteiger partial charge in [0.25, 0.3) is 0 Å². The summed E-state index contributed by atoms with van der Waals surface area (Å²) >= 11 is 6.15. The van der Waals surface area contributed by atoms with E-state index >= 15 is 0 Å². The Morgan fingerprint density at radius 3 is 2.47 bits per heavy atom. The van der Waals surface area contributed by atoms with Crippen LogP contribution in [0.15, 0.2) is 65.3 Å². The molecule has 1 aliphatic rings. The third-order valence-corrected chi connectivity index (χ3v) is 6.02. The second-order valence-corrected chi connectivity index (χ2v) is 8.52. The summed E-state index contributed by atoms with van der Waals surface area (Å²) in [6.07, 6.45) is 5.50. The van der Waals surface area contributed by atoms with Gasteiger partial charge in [0.05, 0.1) is 28.9 Å². The van der Waals surface area contributed by atoms with Crippen molar-refractivity contribution in [3.05, 3.63) is 65.7 Å². The van der Waals surface area contributed by atoms with E-state index in [1.165, 1.54) is 18.2 Å². The van der Waals surface area contributed by atoms with Crippen LogP contribution in [0, 0.1) is 11.3 Å². The number of benzene rings is 2. The van der Waals surface area contributed by atoms with Crippen LogP contribution < -0.4 is 4.90 Å². The topological polar surface area (TPSA) is 81.3 Å². The van der Waals surface area contributed by atoms with Gasteiger partial charge < -0.3 is 9.64 Å². The number of esters is 1. The maximum Gasteiger partial charge on any atom is 0.330 e. The summed E-state index contributed by atoms with van der Waals surface area (Å²) in [7, 11) is 0. The molecule has 0 saturated carbocycles. The van der Waals surface area contributed by atoms with Crippen LogP contribution >= 0.6 is 11.6 Å². The molecule has 2 aromatic rings. The van der Waals surface area contributed by atoms with Crippen molar-refractivity contribution in [2.45, 2.75) is 25.7 Å². The molecule has 0 N–H and O–H groups in total. The fraction of sp³-hybridized carbons (Fsp3) is 0.385. The molecular formula is C26H30ClN5O2. The van der Waals surface area contributed by atoms with Crippen LogP contribution in [0.25, 0.3) is 0 Å². The summed E-state index contributed by atoms with van der Waals surface area (Å²) in [4.78, 5) is 15.9. The smallest absolute Gasteiger partial charge is 0.330 e. The monoisotopic (exact) mass is 479 g/mol. The summed E-state index contributed by atoms with van der Waals surface area (Å²) in [6.45, 7) is 9.08. The predicted octanol–water partition coefficient (Wildman–Crippen LogP) is 6.04. The third-order valence-electron chi connectivity index (χ3n) is 5.72. The molecule has 3 rings (SSSR count). The second-order valence-electron chi connectivity index (χ2n) is 8.11. The number of hydrogen-bond donors (Lipinski definition) is 0. The van der Waals surface area contributed by atoms with Crippen LogP contribution in [-0.2, 0) is 9.53 Å². The number of rotatable bonds is 11. The Bertz CT molecular complexity index is 1020. The van der Waals surface area contributed by atoms with Gasteiger partial charge in [-0.1, -0.05) is 31.0 Å². The van der Waals surface area contributed by atoms with Crippen molar-refractivity contribution in [1.82, 2.24) is 4.90 Å². The van der Waals surface area contributed by atoms with E-state index in [2.05, 4.69) is 44.8 Å². The van der Waals surface area contributed by atoms with Crippen molar-refractivity contribution in [2.24, 2.45) is 10.2 Å². The first-order valence-corrected chi connectivity index (χ1v) is 11.9. The zero-order chi connectivity index (χ0) is 24.2. The number of piperazine rings is 1. The molecule has 34 heavy (non-hydrogen) atoms. The number of nitriles is 1. The highest BCUT2D eigenvalue weighted by Gasteiger charge is 2.16. The number of carbonyl (C=O) groups excluding carboxylic acids is 1. The molecule has 0 amide bonds. The fourth-order valence-corrected chi connectivity index (χ4v) is 3.97. The van der Waals surface area contributed by atoms with Gasteiger partial charge in [0.2, 0.25) is 0 Å². The van der Waals surface area contributed by atoms with Crippen LogP contribution in [0.4, 0.5) is 17.1 Å². The lowest BCUT2D eigenvalue weighted by Gasteiger charge is -2.36. The maximum atomic E-state index is 11.0. The Morgan fingerprint density at radius 1 is 1.06 bits per heavy atom. The summed E-state index contributed by atoms with van der Waals surface area (Å²) < 4.78 is 5.00. The van der Waals surface area contributed by atoms with Crippen LogP contribution in [0.2, 0.25) is 5.02 Å². The molecule has 0 spiro atoms. The normalized spacial score (nSPS) is 14.2. The largest absolute Gasteiger partial charge is 0.463 e. The minimum atomic E-state index is -0.343. The Morgan fingerprint density at radius 2 is 1.79 bits per heavy atom. The van der Waals surface area contributed by atoms with E-state index in [1.807, 2.05) is 12.1 Å². The van der Waals surface area contributed by atoms with Crippen LogP contribution in [-0.4, -0.2) is 50.2 Å². The first-order valence-electron chi connectivity index (χ1n) is 11.6. The number of hydrogen-bond acceptors (Lipinski definition) is 7. The van der Waals surface area contributed by atoms with E-state index in [-0.39, 0.29) is 5.97 Å². The van der Waals surface area contributed by atoms with Crippen molar-refractivity contribution in [3.63, 3.8) is 0 Å². The molecule has 1 heterocycles. The highest BCUT2D eigenvalue weighted by molar-refractivity contribution is 6.33. The highest BCUT2D eigenvalue weighted by Crippen LogP contribution is 2.28. The number of nitrogens with zero attached hydrogens (tertiary/aromatic N) is 5. The lowest BCUT2D eigenvalue weighted by Crippen LogP contribution is -2.46. The Balaban J connectivity index is 1.37. The van der Waals surface area contributed by atoms with E-state index in [0.29, 0.717) is 22.9 Å². The van der Waals surface area contributed by atoms with Crippen molar-refractivity contribution >= 4 is 34.6 Å². The van der Waals surface area contributed by atoms with Crippen LogP contribution in [0.1, 0.15) is 31.2 Å². The fourth-order valence-electron chi connectivity index (χ4n) is 3.75. The first kappa shape index (κ1) is 25.4. The maximum absolute atomic E-state index is 11.0. The van der Waals surface area contributed by atoms with Gasteiger partial charge in [0, 0.05) is 37.9 Å². The van der Waals surface area contributed by atoms with Crippen molar-refractivity contribution in [3.8, 4) is 6.07 Å².